The Hall–Kier alpha value is -3.97. The maximum absolute atomic E-state index is 14.7. The zero-order chi connectivity index (χ0) is 27.1. The van der Waals surface area contributed by atoms with Crippen molar-refractivity contribution in [3.63, 3.8) is 0 Å². The van der Waals surface area contributed by atoms with Crippen molar-refractivity contribution in [3.05, 3.63) is 89.0 Å². The zero-order valence-electron chi connectivity index (χ0n) is 22.3. The van der Waals surface area contributed by atoms with Crippen LogP contribution in [0.3, 0.4) is 0 Å². The van der Waals surface area contributed by atoms with Crippen molar-refractivity contribution in [2.45, 2.75) is 56.7 Å². The number of hydrogen-bond donors (Lipinski definition) is 2. The Morgan fingerprint density at radius 3 is 2.46 bits per heavy atom. The van der Waals surface area contributed by atoms with E-state index in [-0.39, 0.29) is 29.7 Å². The Bertz CT molecular complexity index is 1550. The van der Waals surface area contributed by atoms with E-state index < -0.39 is 16.9 Å². The van der Waals surface area contributed by atoms with Crippen LogP contribution in [0.15, 0.2) is 66.7 Å². The van der Waals surface area contributed by atoms with Gasteiger partial charge in [-0.1, -0.05) is 36.4 Å². The van der Waals surface area contributed by atoms with Gasteiger partial charge in [-0.05, 0) is 81.6 Å². The first-order chi connectivity index (χ1) is 18.8. The molecule has 198 valence electrons. The molecule has 39 heavy (non-hydrogen) atoms. The minimum absolute atomic E-state index is 0.0136. The van der Waals surface area contributed by atoms with Crippen LogP contribution in [0.2, 0.25) is 0 Å². The maximum atomic E-state index is 14.7. The van der Waals surface area contributed by atoms with Crippen LogP contribution in [0.4, 0.5) is 11.4 Å². The lowest BCUT2D eigenvalue weighted by Gasteiger charge is -2.43. The second kappa shape index (κ2) is 8.26. The summed E-state index contributed by atoms with van der Waals surface area (Å²) in [7, 11) is 0. The number of para-hydroxylation sites is 2. The molecule has 0 unspecified atom stereocenters. The molecule has 2 amide bonds. The van der Waals surface area contributed by atoms with Crippen LogP contribution in [0.5, 0.6) is 5.75 Å². The summed E-state index contributed by atoms with van der Waals surface area (Å²) < 4.78 is 5.80. The van der Waals surface area contributed by atoms with Crippen molar-refractivity contribution < 1.29 is 19.1 Å². The number of hydrogen-bond acceptors (Lipinski definition) is 5. The minimum atomic E-state index is -1.43. The van der Waals surface area contributed by atoms with Gasteiger partial charge in [0, 0.05) is 28.5 Å². The fourth-order valence-corrected chi connectivity index (χ4v) is 7.90. The van der Waals surface area contributed by atoms with E-state index in [2.05, 4.69) is 15.5 Å². The molecule has 0 radical (unpaired) electrons. The first-order valence-electron chi connectivity index (χ1n) is 13.7. The number of anilines is 2. The summed E-state index contributed by atoms with van der Waals surface area (Å²) in [4.78, 5) is 45.8. The number of benzene rings is 3. The van der Waals surface area contributed by atoms with E-state index in [1.807, 2.05) is 63.2 Å². The predicted molar refractivity (Wildman–Crippen MR) is 148 cm³/mol. The molecule has 2 saturated heterocycles. The van der Waals surface area contributed by atoms with E-state index in [1.54, 1.807) is 24.3 Å². The van der Waals surface area contributed by atoms with Gasteiger partial charge in [0.2, 0.25) is 5.91 Å². The molecule has 4 heterocycles. The molecule has 2 fully saturated rings. The molecule has 7 heteroatoms. The molecule has 4 aliphatic rings. The lowest BCUT2D eigenvalue weighted by Crippen LogP contribution is -2.62. The molecule has 7 rings (SSSR count). The standard InChI is InChI=1S/C32H31N3O4/c1-18(2)39-21-15-13-20(14-16-21)28(36)26-25-12-7-17-35(25)32(23-10-6-8-19(3)27(23)34-30(32)38)31(26)22-9-4-5-11-24(22)33-29(31)37/h4-6,8-11,13-16,18,25-26H,7,12,17H2,1-3H3,(H,33,37)(H,34,38)/t25-,26-,31+,32+/m0/s1. The van der Waals surface area contributed by atoms with Crippen molar-refractivity contribution in [3.8, 4) is 5.75 Å². The van der Waals surface area contributed by atoms with Crippen molar-refractivity contribution >= 4 is 29.0 Å². The van der Waals surface area contributed by atoms with Crippen molar-refractivity contribution in [1.29, 1.82) is 0 Å². The molecule has 4 atom stereocenters. The van der Waals surface area contributed by atoms with Gasteiger partial charge in [0.05, 0.1) is 12.0 Å². The molecule has 3 aromatic rings. The summed E-state index contributed by atoms with van der Waals surface area (Å²) in [6.07, 6.45) is 1.60. The third-order valence-electron chi connectivity index (χ3n) is 9.13. The van der Waals surface area contributed by atoms with E-state index >= 15 is 0 Å². The van der Waals surface area contributed by atoms with Crippen LogP contribution in [0.25, 0.3) is 0 Å². The maximum Gasteiger partial charge on any atom is 0.251 e. The van der Waals surface area contributed by atoms with E-state index in [0.29, 0.717) is 29.1 Å². The molecule has 7 nitrogen and oxygen atoms in total. The Morgan fingerprint density at radius 1 is 0.949 bits per heavy atom. The van der Waals surface area contributed by atoms with Crippen molar-refractivity contribution in [1.82, 2.24) is 4.90 Å². The first-order valence-corrected chi connectivity index (χ1v) is 13.7. The summed E-state index contributed by atoms with van der Waals surface area (Å²) in [6.45, 7) is 6.51. The molecular weight excluding hydrogens is 490 g/mol. The zero-order valence-corrected chi connectivity index (χ0v) is 22.3. The van der Waals surface area contributed by atoms with Gasteiger partial charge in [-0.2, -0.15) is 0 Å². The summed E-state index contributed by atoms with van der Waals surface area (Å²) in [5.74, 6) is -0.717. The third kappa shape index (κ3) is 2.88. The predicted octanol–water partition coefficient (Wildman–Crippen LogP) is 4.80. The number of nitrogens with one attached hydrogen (secondary N) is 2. The van der Waals surface area contributed by atoms with E-state index in [1.165, 1.54) is 0 Å². The molecular formula is C32H31N3O4. The number of aryl methyl sites for hydroxylation is 1. The van der Waals surface area contributed by atoms with Crippen LogP contribution in [0.1, 0.15) is 53.7 Å². The topological polar surface area (TPSA) is 87.7 Å². The number of Topliss-reactive ketones (excluding diaryl/α,β-unsaturated/α-hetero) is 1. The summed E-state index contributed by atoms with van der Waals surface area (Å²) in [5, 5.41) is 6.24. The van der Waals surface area contributed by atoms with Gasteiger partial charge in [-0.3, -0.25) is 19.3 Å². The van der Waals surface area contributed by atoms with Gasteiger partial charge < -0.3 is 15.4 Å². The van der Waals surface area contributed by atoms with Crippen LogP contribution in [-0.4, -0.2) is 41.2 Å². The van der Waals surface area contributed by atoms with Gasteiger partial charge in [-0.25, -0.2) is 0 Å². The summed E-state index contributed by atoms with van der Waals surface area (Å²) in [6, 6.07) is 20.3. The number of ether oxygens (including phenoxy) is 1. The average Bonchev–Trinajstić information content (AvgIpc) is 3.63. The van der Waals surface area contributed by atoms with E-state index in [4.69, 9.17) is 4.74 Å². The van der Waals surface area contributed by atoms with E-state index in [0.717, 1.165) is 29.7 Å². The fraction of sp³-hybridized carbons (Fsp3) is 0.344. The van der Waals surface area contributed by atoms with Crippen molar-refractivity contribution in [2.24, 2.45) is 5.92 Å². The van der Waals surface area contributed by atoms with Gasteiger partial charge in [-0.15, -0.1) is 0 Å². The highest BCUT2D eigenvalue weighted by Gasteiger charge is 2.81. The van der Waals surface area contributed by atoms with Crippen LogP contribution < -0.4 is 15.4 Å². The molecule has 0 aliphatic carbocycles. The highest BCUT2D eigenvalue weighted by atomic mass is 16.5. The third-order valence-corrected chi connectivity index (χ3v) is 9.13. The molecule has 4 aliphatic heterocycles. The first kappa shape index (κ1) is 24.1. The number of fused-ring (bicyclic) bond motifs is 7. The minimum Gasteiger partial charge on any atom is -0.491 e. The smallest absolute Gasteiger partial charge is 0.251 e. The number of carbonyl (C=O) groups excluding carboxylic acids is 3. The molecule has 3 aromatic carbocycles. The molecule has 2 N–H and O–H groups in total. The number of nitrogens with zero attached hydrogens (tertiary/aromatic N) is 1. The summed E-state index contributed by atoms with van der Waals surface area (Å²) >= 11 is 0. The number of rotatable bonds is 4. The quantitative estimate of drug-likeness (QED) is 0.482. The number of amides is 2. The van der Waals surface area contributed by atoms with E-state index in [9.17, 15) is 14.4 Å². The summed E-state index contributed by atoms with van der Waals surface area (Å²) in [5.41, 5.74) is 1.58. The molecule has 0 saturated carbocycles. The monoisotopic (exact) mass is 521 g/mol. The van der Waals surface area contributed by atoms with Gasteiger partial charge in [0.15, 0.2) is 5.78 Å². The Kier molecular flexibility index (Phi) is 5.11. The molecule has 0 aromatic heterocycles. The highest BCUT2D eigenvalue weighted by Crippen LogP contribution is 2.68. The number of carbonyl (C=O) groups is 3. The molecule has 0 bridgehead atoms. The highest BCUT2D eigenvalue weighted by molar-refractivity contribution is 6.21. The van der Waals surface area contributed by atoms with Crippen LogP contribution >= 0.6 is 0 Å². The largest absolute Gasteiger partial charge is 0.491 e. The lowest BCUT2D eigenvalue weighted by atomic mass is 9.57. The number of ketones is 1. The second-order valence-corrected chi connectivity index (χ2v) is 11.4. The van der Waals surface area contributed by atoms with Gasteiger partial charge >= 0.3 is 0 Å². The van der Waals surface area contributed by atoms with Crippen LogP contribution in [-0.2, 0) is 20.5 Å². The van der Waals surface area contributed by atoms with Gasteiger partial charge in [0.25, 0.3) is 5.91 Å². The lowest BCUT2D eigenvalue weighted by molar-refractivity contribution is -0.137. The average molecular weight is 522 g/mol. The Balaban J connectivity index is 1.50. The normalized spacial score (nSPS) is 28.5. The molecule has 2 spiro atoms. The Morgan fingerprint density at radius 2 is 1.69 bits per heavy atom. The van der Waals surface area contributed by atoms with Crippen LogP contribution in [0, 0.1) is 12.8 Å². The van der Waals surface area contributed by atoms with Crippen molar-refractivity contribution in [2.75, 3.05) is 17.2 Å². The SMILES string of the molecule is Cc1cccc2c1NC(=O)[C@]21N2CCC[C@H]2[C@@H](C(=O)c2ccc(OC(C)C)cc2)[C@]12C(=O)Nc1ccccc12. The van der Waals surface area contributed by atoms with Gasteiger partial charge in [0.1, 0.15) is 16.7 Å². The second-order valence-electron chi connectivity index (χ2n) is 11.4. The Labute approximate surface area is 227 Å². The fourth-order valence-electron chi connectivity index (χ4n) is 7.90.